The fourth-order valence-electron chi connectivity index (χ4n) is 1.33. The number of carboxylic acids is 1. The van der Waals surface area contributed by atoms with Gasteiger partial charge in [-0.3, -0.25) is 4.79 Å². The van der Waals surface area contributed by atoms with Crippen LogP contribution in [0.2, 0.25) is 0 Å². The number of rotatable bonds is 4. The summed E-state index contributed by atoms with van der Waals surface area (Å²) >= 11 is 4.38. The molecule has 0 bridgehead atoms. The molecule has 94 valence electrons. The van der Waals surface area contributed by atoms with Crippen LogP contribution in [-0.4, -0.2) is 27.0 Å². The summed E-state index contributed by atoms with van der Waals surface area (Å²) in [6, 6.07) is 5.75. The van der Waals surface area contributed by atoms with E-state index in [0.717, 1.165) is 27.4 Å². The SMILES string of the molecule is Cc1ccc(Br)cc1-c1nnc(SCC(=O)O)o1. The van der Waals surface area contributed by atoms with Gasteiger partial charge in [-0.25, -0.2) is 0 Å². The number of nitrogens with zero attached hydrogens (tertiary/aromatic N) is 2. The van der Waals surface area contributed by atoms with E-state index >= 15 is 0 Å². The first-order chi connectivity index (χ1) is 8.56. The number of aryl methyl sites for hydroxylation is 1. The molecule has 1 aromatic carbocycles. The molecule has 2 aromatic rings. The second-order valence-electron chi connectivity index (χ2n) is 3.51. The Hall–Kier alpha value is -1.34. The normalized spacial score (nSPS) is 10.6. The first kappa shape index (κ1) is 13.1. The van der Waals surface area contributed by atoms with Crippen molar-refractivity contribution in [2.45, 2.75) is 12.1 Å². The van der Waals surface area contributed by atoms with Crippen LogP contribution in [0.4, 0.5) is 0 Å². The number of aromatic nitrogens is 2. The van der Waals surface area contributed by atoms with Crippen LogP contribution in [0, 0.1) is 6.92 Å². The zero-order valence-electron chi connectivity index (χ0n) is 9.38. The van der Waals surface area contributed by atoms with Crippen molar-refractivity contribution in [1.82, 2.24) is 10.2 Å². The highest BCUT2D eigenvalue weighted by Gasteiger charge is 2.12. The van der Waals surface area contributed by atoms with Crippen molar-refractivity contribution >= 4 is 33.7 Å². The Labute approximate surface area is 116 Å². The molecule has 0 amide bonds. The number of thioether (sulfide) groups is 1. The Morgan fingerprint density at radius 3 is 3.00 bits per heavy atom. The maximum atomic E-state index is 10.4. The van der Waals surface area contributed by atoms with Gasteiger partial charge in [0.2, 0.25) is 5.89 Å². The van der Waals surface area contributed by atoms with E-state index in [1.54, 1.807) is 0 Å². The predicted octanol–water partition coefficient (Wildman–Crippen LogP) is 2.98. The van der Waals surface area contributed by atoms with Crippen LogP contribution in [0.15, 0.2) is 32.3 Å². The lowest BCUT2D eigenvalue weighted by Gasteiger charge is -2.00. The summed E-state index contributed by atoms with van der Waals surface area (Å²) in [5.41, 5.74) is 1.84. The molecule has 0 saturated heterocycles. The summed E-state index contributed by atoms with van der Waals surface area (Å²) in [7, 11) is 0. The Bertz CT molecular complexity index is 585. The third kappa shape index (κ3) is 3.11. The molecule has 1 heterocycles. The third-order valence-electron chi connectivity index (χ3n) is 2.16. The Balaban J connectivity index is 2.23. The number of carboxylic acid groups (broad SMARTS) is 1. The molecule has 2 rings (SSSR count). The predicted molar refractivity (Wildman–Crippen MR) is 70.5 cm³/mol. The van der Waals surface area contributed by atoms with Gasteiger partial charge in [0.25, 0.3) is 5.22 Å². The van der Waals surface area contributed by atoms with Crippen molar-refractivity contribution in [3.8, 4) is 11.5 Å². The molecule has 0 aliphatic rings. The second-order valence-corrected chi connectivity index (χ2v) is 5.36. The molecule has 0 unspecified atom stereocenters. The van der Waals surface area contributed by atoms with E-state index in [-0.39, 0.29) is 11.0 Å². The molecular weight excluding hydrogens is 320 g/mol. The lowest BCUT2D eigenvalue weighted by atomic mass is 10.1. The topological polar surface area (TPSA) is 76.2 Å². The molecule has 0 aliphatic heterocycles. The van der Waals surface area contributed by atoms with E-state index in [4.69, 9.17) is 9.52 Å². The van der Waals surface area contributed by atoms with Crippen molar-refractivity contribution in [2.75, 3.05) is 5.75 Å². The van der Waals surface area contributed by atoms with Crippen molar-refractivity contribution < 1.29 is 14.3 Å². The van der Waals surface area contributed by atoms with Crippen molar-refractivity contribution in [1.29, 1.82) is 0 Å². The molecule has 0 spiro atoms. The van der Waals surface area contributed by atoms with E-state index in [1.165, 1.54) is 0 Å². The van der Waals surface area contributed by atoms with Gasteiger partial charge in [-0.05, 0) is 24.6 Å². The number of carbonyl (C=O) groups is 1. The Morgan fingerprint density at radius 1 is 1.50 bits per heavy atom. The first-order valence-electron chi connectivity index (χ1n) is 5.01. The Kier molecular flexibility index (Phi) is 4.03. The summed E-state index contributed by atoms with van der Waals surface area (Å²) in [4.78, 5) is 10.4. The monoisotopic (exact) mass is 328 g/mol. The smallest absolute Gasteiger partial charge is 0.314 e. The fourth-order valence-corrected chi connectivity index (χ4v) is 2.17. The van der Waals surface area contributed by atoms with Crippen LogP contribution in [-0.2, 0) is 4.79 Å². The average molecular weight is 329 g/mol. The van der Waals surface area contributed by atoms with E-state index < -0.39 is 5.97 Å². The maximum Gasteiger partial charge on any atom is 0.314 e. The summed E-state index contributed by atoms with van der Waals surface area (Å²) in [6.07, 6.45) is 0. The van der Waals surface area contributed by atoms with Gasteiger partial charge in [-0.1, -0.05) is 33.8 Å². The van der Waals surface area contributed by atoms with Gasteiger partial charge >= 0.3 is 5.97 Å². The molecule has 0 saturated carbocycles. The van der Waals surface area contributed by atoms with Gasteiger partial charge in [0.15, 0.2) is 0 Å². The molecular formula is C11H9BrN2O3S. The highest BCUT2D eigenvalue weighted by molar-refractivity contribution is 9.10. The molecule has 0 atom stereocenters. The molecule has 18 heavy (non-hydrogen) atoms. The van der Waals surface area contributed by atoms with Gasteiger partial charge in [0, 0.05) is 10.0 Å². The summed E-state index contributed by atoms with van der Waals surface area (Å²) in [6.45, 7) is 1.94. The third-order valence-corrected chi connectivity index (χ3v) is 3.45. The van der Waals surface area contributed by atoms with E-state index in [9.17, 15) is 4.79 Å². The van der Waals surface area contributed by atoms with Crippen LogP contribution in [0.25, 0.3) is 11.5 Å². The van der Waals surface area contributed by atoms with Gasteiger partial charge in [-0.2, -0.15) is 0 Å². The molecule has 7 heteroatoms. The molecule has 0 aliphatic carbocycles. The van der Waals surface area contributed by atoms with Crippen LogP contribution in [0.3, 0.4) is 0 Å². The fraction of sp³-hybridized carbons (Fsp3) is 0.182. The van der Waals surface area contributed by atoms with E-state index in [1.807, 2.05) is 25.1 Å². The minimum Gasteiger partial charge on any atom is -0.481 e. The van der Waals surface area contributed by atoms with Crippen molar-refractivity contribution in [3.05, 3.63) is 28.2 Å². The summed E-state index contributed by atoms with van der Waals surface area (Å²) in [5.74, 6) is -0.626. The quantitative estimate of drug-likeness (QED) is 0.869. The zero-order valence-corrected chi connectivity index (χ0v) is 11.8. The van der Waals surface area contributed by atoms with E-state index in [2.05, 4.69) is 26.1 Å². The van der Waals surface area contributed by atoms with Crippen LogP contribution >= 0.6 is 27.7 Å². The highest BCUT2D eigenvalue weighted by atomic mass is 79.9. The minimum atomic E-state index is -0.918. The lowest BCUT2D eigenvalue weighted by Crippen LogP contribution is -1.97. The molecule has 1 N–H and O–H groups in total. The number of aliphatic carboxylic acids is 1. The number of hydrogen-bond donors (Lipinski definition) is 1. The second kappa shape index (κ2) is 5.53. The van der Waals surface area contributed by atoms with Gasteiger partial charge in [-0.15, -0.1) is 10.2 Å². The zero-order chi connectivity index (χ0) is 13.1. The molecule has 5 nitrogen and oxygen atoms in total. The molecule has 1 aromatic heterocycles. The standard InChI is InChI=1S/C11H9BrN2O3S/c1-6-2-3-7(12)4-8(6)10-13-14-11(17-10)18-5-9(15)16/h2-4H,5H2,1H3,(H,15,16). The van der Waals surface area contributed by atoms with Crippen LogP contribution in [0.1, 0.15) is 5.56 Å². The number of halogens is 1. The molecule has 0 fully saturated rings. The van der Waals surface area contributed by atoms with Crippen molar-refractivity contribution in [3.63, 3.8) is 0 Å². The maximum absolute atomic E-state index is 10.4. The highest BCUT2D eigenvalue weighted by Crippen LogP contribution is 2.27. The summed E-state index contributed by atoms with van der Waals surface area (Å²) in [5, 5.41) is 16.5. The van der Waals surface area contributed by atoms with Crippen molar-refractivity contribution in [2.24, 2.45) is 0 Å². The van der Waals surface area contributed by atoms with E-state index in [0.29, 0.717) is 5.89 Å². The Morgan fingerprint density at radius 2 is 2.28 bits per heavy atom. The largest absolute Gasteiger partial charge is 0.481 e. The molecule has 0 radical (unpaired) electrons. The van der Waals surface area contributed by atoms with Crippen LogP contribution in [0.5, 0.6) is 0 Å². The first-order valence-corrected chi connectivity index (χ1v) is 6.79. The van der Waals surface area contributed by atoms with Gasteiger partial charge in [0.1, 0.15) is 5.75 Å². The summed E-state index contributed by atoms with van der Waals surface area (Å²) < 4.78 is 6.33. The average Bonchev–Trinajstić information content (AvgIpc) is 2.78. The van der Waals surface area contributed by atoms with Gasteiger partial charge < -0.3 is 9.52 Å². The van der Waals surface area contributed by atoms with Gasteiger partial charge in [0.05, 0.1) is 0 Å². The van der Waals surface area contributed by atoms with Crippen LogP contribution < -0.4 is 0 Å². The minimum absolute atomic E-state index is 0.0981. The number of benzene rings is 1. The number of hydrogen-bond acceptors (Lipinski definition) is 5. The lowest BCUT2D eigenvalue weighted by molar-refractivity contribution is -0.133.